The highest BCUT2D eigenvalue weighted by Gasteiger charge is 2.16. The third-order valence-electron chi connectivity index (χ3n) is 8.92. The summed E-state index contributed by atoms with van der Waals surface area (Å²) in [5, 5.41) is 16.9. The first-order valence-electron chi connectivity index (χ1n) is 17.7. The van der Waals surface area contributed by atoms with Gasteiger partial charge in [-0.2, -0.15) is 0 Å². The highest BCUT2D eigenvalue weighted by molar-refractivity contribution is 5.87. The molecular weight excluding hydrogens is 645 g/mol. The van der Waals surface area contributed by atoms with Gasteiger partial charge in [0, 0.05) is 35.1 Å². The third-order valence-corrected chi connectivity index (χ3v) is 8.92. The summed E-state index contributed by atoms with van der Waals surface area (Å²) in [4.78, 5) is 10.2. The fourth-order valence-corrected chi connectivity index (χ4v) is 6.26. The lowest BCUT2D eigenvalue weighted by atomic mass is 9.97. The number of hydrogen-bond donors (Lipinski definition) is 0. The zero-order valence-corrected chi connectivity index (χ0v) is 29.6. The summed E-state index contributed by atoms with van der Waals surface area (Å²) < 4.78 is 11.8. The summed E-state index contributed by atoms with van der Waals surface area (Å²) in [6.07, 6.45) is 1.54. The molecule has 0 aliphatic carbocycles. The fraction of sp³-hybridized carbons (Fsp3) is 0.182. The van der Waals surface area contributed by atoms with Gasteiger partial charge in [-0.25, -0.2) is 9.97 Å². The second-order valence-corrected chi connectivity index (χ2v) is 13.9. The minimum absolute atomic E-state index is 0.457. The van der Waals surface area contributed by atoms with Crippen LogP contribution in [0.25, 0.3) is 78.7 Å². The molecule has 0 radical (unpaired) electrons. The van der Waals surface area contributed by atoms with Crippen molar-refractivity contribution in [3.8, 4) is 67.7 Å². The second kappa shape index (κ2) is 14.2. The Kier molecular flexibility index (Phi) is 8.95. The van der Waals surface area contributed by atoms with Gasteiger partial charge < -0.3 is 8.83 Å². The molecule has 0 bridgehead atoms. The Morgan fingerprint density at radius 1 is 0.385 bits per heavy atom. The van der Waals surface area contributed by atoms with E-state index in [1.807, 2.05) is 48.5 Å². The monoisotopic (exact) mass is 682 g/mol. The Bertz CT molecular complexity index is 2270. The molecule has 0 fully saturated rings. The second-order valence-electron chi connectivity index (χ2n) is 13.9. The summed E-state index contributed by atoms with van der Waals surface area (Å²) in [5.74, 6) is 3.33. The van der Waals surface area contributed by atoms with Crippen molar-refractivity contribution in [2.45, 2.75) is 40.5 Å². The van der Waals surface area contributed by atoms with Crippen molar-refractivity contribution in [2.24, 2.45) is 11.8 Å². The van der Waals surface area contributed by atoms with Crippen LogP contribution in [-0.2, 0) is 12.8 Å². The highest BCUT2D eigenvalue weighted by atomic mass is 16.4. The lowest BCUT2D eigenvalue weighted by Crippen LogP contribution is -1.95. The maximum atomic E-state index is 5.88. The van der Waals surface area contributed by atoms with Crippen LogP contribution in [0.15, 0.2) is 130 Å². The molecule has 0 saturated heterocycles. The average Bonchev–Trinajstić information content (AvgIpc) is 3.84. The van der Waals surface area contributed by atoms with Gasteiger partial charge in [0.1, 0.15) is 0 Å². The number of aromatic nitrogens is 6. The van der Waals surface area contributed by atoms with E-state index in [0.717, 1.165) is 79.8 Å². The summed E-state index contributed by atoms with van der Waals surface area (Å²) in [5.41, 5.74) is 11.6. The topological polar surface area (TPSA) is 104 Å². The van der Waals surface area contributed by atoms with E-state index in [1.54, 1.807) is 0 Å². The van der Waals surface area contributed by atoms with Gasteiger partial charge in [0.2, 0.25) is 23.6 Å². The maximum absolute atomic E-state index is 5.88. The number of nitrogens with zero attached hydrogens (tertiary/aromatic N) is 6. The number of benzene rings is 5. The first kappa shape index (κ1) is 32.9. The third kappa shape index (κ3) is 7.01. The normalized spacial score (nSPS) is 11.6. The molecule has 256 valence electrons. The molecule has 0 amide bonds. The standard InChI is InChI=1S/C44H38N6O2/c1-27(2)25-39-47-49-43(51-39)35-21-13-31(14-22-35)29-9-17-33(18-10-29)41-42(46-38-8-6-5-7-37(38)45-41)34-19-11-30(12-20-34)32-15-23-36(24-16-32)44-50-48-40(52-44)26-28(3)4/h5-24,27-28H,25-26H2,1-4H3. The van der Waals surface area contributed by atoms with Crippen molar-refractivity contribution in [3.05, 3.63) is 133 Å². The quantitative estimate of drug-likeness (QED) is 0.140. The zero-order valence-electron chi connectivity index (χ0n) is 29.6. The number of fused-ring (bicyclic) bond motifs is 1. The van der Waals surface area contributed by atoms with Crippen LogP contribution in [-0.4, -0.2) is 30.4 Å². The van der Waals surface area contributed by atoms with E-state index >= 15 is 0 Å². The van der Waals surface area contributed by atoms with E-state index < -0.39 is 0 Å². The first-order chi connectivity index (χ1) is 25.4. The highest BCUT2D eigenvalue weighted by Crippen LogP contribution is 2.34. The van der Waals surface area contributed by atoms with Crippen molar-refractivity contribution in [3.63, 3.8) is 0 Å². The molecule has 3 heterocycles. The van der Waals surface area contributed by atoms with Gasteiger partial charge in [0.15, 0.2) is 0 Å². The predicted octanol–water partition coefficient (Wildman–Crippen LogP) is 10.8. The molecule has 0 atom stereocenters. The van der Waals surface area contributed by atoms with E-state index in [-0.39, 0.29) is 0 Å². The number of rotatable bonds is 10. The molecule has 0 N–H and O–H groups in total. The van der Waals surface area contributed by atoms with Crippen LogP contribution in [0.2, 0.25) is 0 Å². The molecule has 52 heavy (non-hydrogen) atoms. The van der Waals surface area contributed by atoms with Crippen molar-refractivity contribution in [2.75, 3.05) is 0 Å². The fourth-order valence-electron chi connectivity index (χ4n) is 6.26. The van der Waals surface area contributed by atoms with Crippen LogP contribution < -0.4 is 0 Å². The Morgan fingerprint density at radius 3 is 1.02 bits per heavy atom. The molecule has 0 unspecified atom stereocenters. The van der Waals surface area contributed by atoms with Crippen LogP contribution in [0.5, 0.6) is 0 Å². The molecule has 8 heteroatoms. The van der Waals surface area contributed by atoms with Gasteiger partial charge in [0.05, 0.1) is 22.4 Å². The Morgan fingerprint density at radius 2 is 0.692 bits per heavy atom. The Hall–Kier alpha value is -6.28. The lowest BCUT2D eigenvalue weighted by molar-refractivity contribution is 0.466. The lowest BCUT2D eigenvalue weighted by Gasteiger charge is -2.12. The van der Waals surface area contributed by atoms with Gasteiger partial charge in [-0.1, -0.05) is 113 Å². The summed E-state index contributed by atoms with van der Waals surface area (Å²) in [6, 6.07) is 41.4. The minimum Gasteiger partial charge on any atom is -0.421 e. The van der Waals surface area contributed by atoms with Gasteiger partial charge in [-0.15, -0.1) is 20.4 Å². The van der Waals surface area contributed by atoms with Crippen molar-refractivity contribution < 1.29 is 8.83 Å². The minimum atomic E-state index is 0.457. The van der Waals surface area contributed by atoms with Crippen LogP contribution in [0, 0.1) is 11.8 Å². The Labute approximate surface area is 302 Å². The van der Waals surface area contributed by atoms with E-state index in [9.17, 15) is 0 Å². The molecule has 8 aromatic rings. The van der Waals surface area contributed by atoms with Gasteiger partial charge in [0.25, 0.3) is 0 Å². The molecule has 0 aliphatic heterocycles. The number of hydrogen-bond acceptors (Lipinski definition) is 8. The molecule has 5 aromatic carbocycles. The molecule has 0 saturated carbocycles. The molecule has 0 spiro atoms. The molecule has 8 nitrogen and oxygen atoms in total. The van der Waals surface area contributed by atoms with Crippen molar-refractivity contribution in [1.29, 1.82) is 0 Å². The largest absolute Gasteiger partial charge is 0.421 e. The van der Waals surface area contributed by atoms with Crippen LogP contribution in [0.4, 0.5) is 0 Å². The average molecular weight is 683 g/mol. The van der Waals surface area contributed by atoms with Crippen molar-refractivity contribution in [1.82, 2.24) is 30.4 Å². The summed E-state index contributed by atoms with van der Waals surface area (Å²) in [7, 11) is 0. The van der Waals surface area contributed by atoms with E-state index in [1.165, 1.54) is 0 Å². The SMILES string of the molecule is CC(C)Cc1nnc(-c2ccc(-c3ccc(-c4nc5ccccc5nc4-c4ccc(-c5ccc(-c6nnc(CC(C)C)o6)cc5)cc4)cc3)cc2)o1. The smallest absolute Gasteiger partial charge is 0.247 e. The zero-order chi connectivity index (χ0) is 35.6. The van der Waals surface area contributed by atoms with Crippen LogP contribution >= 0.6 is 0 Å². The predicted molar refractivity (Wildman–Crippen MR) is 205 cm³/mol. The van der Waals surface area contributed by atoms with E-state index in [4.69, 9.17) is 18.8 Å². The van der Waals surface area contributed by atoms with Crippen LogP contribution in [0.1, 0.15) is 39.5 Å². The van der Waals surface area contributed by atoms with E-state index in [2.05, 4.69) is 121 Å². The molecule has 8 rings (SSSR count). The summed E-state index contributed by atoms with van der Waals surface area (Å²) in [6.45, 7) is 8.55. The van der Waals surface area contributed by atoms with Crippen molar-refractivity contribution >= 4 is 11.0 Å². The Balaban J connectivity index is 1.05. The summed E-state index contributed by atoms with van der Waals surface area (Å²) >= 11 is 0. The molecule has 0 aliphatic rings. The van der Waals surface area contributed by atoms with Gasteiger partial charge in [-0.3, -0.25) is 0 Å². The van der Waals surface area contributed by atoms with Gasteiger partial charge >= 0.3 is 0 Å². The first-order valence-corrected chi connectivity index (χ1v) is 17.7. The van der Waals surface area contributed by atoms with Gasteiger partial charge in [-0.05, 0) is 70.5 Å². The molecular formula is C44H38N6O2. The maximum Gasteiger partial charge on any atom is 0.247 e. The molecule has 3 aromatic heterocycles. The van der Waals surface area contributed by atoms with E-state index in [0.29, 0.717) is 35.4 Å². The van der Waals surface area contributed by atoms with Crippen LogP contribution in [0.3, 0.4) is 0 Å². The number of para-hydroxylation sites is 2.